The number of anilines is 1. The molecule has 9 rings (SSSR count). The van der Waals surface area contributed by atoms with Gasteiger partial charge in [0.05, 0.1) is 52.1 Å². The predicted octanol–water partition coefficient (Wildman–Crippen LogP) is 16.4. The molecule has 1 fully saturated rings. The van der Waals surface area contributed by atoms with Crippen molar-refractivity contribution in [2.45, 2.75) is 170 Å². The van der Waals surface area contributed by atoms with E-state index in [9.17, 15) is 0 Å². The molecule has 7 nitrogen and oxygen atoms in total. The number of para-hydroxylation sites is 3. The molecule has 1 aliphatic carbocycles. The van der Waals surface area contributed by atoms with Gasteiger partial charge in [-0.3, -0.25) is 9.98 Å². The van der Waals surface area contributed by atoms with Crippen molar-refractivity contribution in [3.8, 4) is 11.3 Å². The number of aromatic nitrogens is 2. The van der Waals surface area contributed by atoms with Gasteiger partial charge < -0.3 is 14.6 Å². The summed E-state index contributed by atoms with van der Waals surface area (Å²) in [6.07, 6.45) is 9.67. The first-order chi connectivity index (χ1) is 34.2. The van der Waals surface area contributed by atoms with E-state index in [0.717, 1.165) is 51.8 Å². The Morgan fingerprint density at radius 2 is 1.07 bits per heavy atom. The zero-order chi connectivity index (χ0) is 51.9. The van der Waals surface area contributed by atoms with Crippen LogP contribution in [0, 0.1) is 5.92 Å². The number of nitrogens with zero attached hydrogens (tertiary/aromatic N) is 4. The highest BCUT2D eigenvalue weighted by molar-refractivity contribution is 9.10. The van der Waals surface area contributed by atoms with E-state index in [0.29, 0.717) is 29.7 Å². The van der Waals surface area contributed by atoms with Crippen LogP contribution in [0.4, 0.5) is 17.1 Å². The van der Waals surface area contributed by atoms with Gasteiger partial charge in [-0.1, -0.05) is 147 Å². The topological polar surface area (TPSA) is 81.0 Å². The van der Waals surface area contributed by atoms with E-state index in [2.05, 4.69) is 208 Å². The number of pyridine rings is 2. The molecule has 378 valence electrons. The molecular weight excluding hydrogens is 949 g/mol. The van der Waals surface area contributed by atoms with Crippen molar-refractivity contribution in [3.05, 3.63) is 164 Å². The minimum Gasteiger partial charge on any atom is -0.399 e. The normalized spacial score (nSPS) is 18.0. The van der Waals surface area contributed by atoms with Crippen LogP contribution in [0.25, 0.3) is 11.3 Å². The highest BCUT2D eigenvalue weighted by Gasteiger charge is 2.52. The third-order valence-corrected chi connectivity index (χ3v) is 15.2. The minimum atomic E-state index is -0.263. The van der Waals surface area contributed by atoms with E-state index in [-0.39, 0.29) is 18.3 Å². The number of nitrogens with one attached hydrogen (secondary N) is 1. The Morgan fingerprint density at radius 1 is 0.597 bits per heavy atom. The quantitative estimate of drug-likeness (QED) is 0.0840. The first-order valence-electron chi connectivity index (χ1n) is 26.5. The minimum absolute atomic E-state index is 0.222. The SMILES string of the molecule is CC(C)c1cccc(C(C)C)c1N=Cc1cccc(-c2cccc3c2N[C@H](C)CC3)n1.CC(C)c1cccc(C(C)C)c1N=Cc1cccc(Br)n1.CC1CCc2cccc(B3OC(C)(C)C(C)(C)O3)c2C1. The number of hydrogen-bond acceptors (Lipinski definition) is 7. The molecular formula is C63H79BBrN5O2. The summed E-state index contributed by atoms with van der Waals surface area (Å²) in [4.78, 5) is 19.1. The standard InChI is InChI=1S/C28H33N3.C18H21BrN2.C17H25BO2/c1-18(2)23-11-8-12-24(19(3)4)28(23)29-17-22-10-7-14-26(31-22)25-13-6-9-21-16-15-20(5)30-27(21)25;1-12(2)15-8-6-9-16(13(3)4)18(15)20-11-14-7-5-10-17(19)21-14;1-12-9-10-13-7-6-8-15(14(13)11-12)18-19-16(2,3)17(4,5)20-18/h6-14,17-20,30H,15-16H2,1-5H3;5-13H,1-4H3;6-8,12H,9-11H2,1-5H3/t20-;;/m1../s1. The summed E-state index contributed by atoms with van der Waals surface area (Å²) in [6, 6.07) is 38.6. The number of fused-ring (bicyclic) bond motifs is 2. The Morgan fingerprint density at radius 3 is 1.61 bits per heavy atom. The molecule has 0 amide bonds. The Bertz CT molecular complexity index is 2800. The number of aliphatic imine (C=N–C) groups is 2. The van der Waals surface area contributed by atoms with E-state index in [1.165, 1.54) is 74.9 Å². The second-order valence-electron chi connectivity index (χ2n) is 22.4. The van der Waals surface area contributed by atoms with Gasteiger partial charge in [0, 0.05) is 17.3 Å². The van der Waals surface area contributed by atoms with Crippen molar-refractivity contribution < 1.29 is 9.31 Å². The Hall–Kier alpha value is -5.22. The highest BCUT2D eigenvalue weighted by atomic mass is 79.9. The van der Waals surface area contributed by atoms with E-state index in [1.807, 2.05) is 36.7 Å². The van der Waals surface area contributed by atoms with Crippen molar-refractivity contribution in [2.75, 3.05) is 5.32 Å². The van der Waals surface area contributed by atoms with Crippen LogP contribution in [-0.4, -0.2) is 46.8 Å². The fourth-order valence-corrected chi connectivity index (χ4v) is 10.2. The molecule has 9 heteroatoms. The fourth-order valence-electron chi connectivity index (χ4n) is 9.82. The van der Waals surface area contributed by atoms with Crippen molar-refractivity contribution in [3.63, 3.8) is 0 Å². The van der Waals surface area contributed by atoms with Gasteiger partial charge in [0.15, 0.2) is 0 Å². The van der Waals surface area contributed by atoms with E-state index in [4.69, 9.17) is 24.3 Å². The Labute approximate surface area is 441 Å². The molecule has 6 aromatic rings. The highest BCUT2D eigenvalue weighted by Crippen LogP contribution is 2.39. The first kappa shape index (κ1) is 54.6. The van der Waals surface area contributed by atoms with Gasteiger partial charge in [-0.15, -0.1) is 0 Å². The van der Waals surface area contributed by atoms with E-state index in [1.54, 1.807) is 0 Å². The fraction of sp³-hybridized carbons (Fsp3) is 0.429. The number of rotatable bonds is 10. The average molecular weight is 1030 g/mol. The van der Waals surface area contributed by atoms with Crippen LogP contribution < -0.4 is 10.8 Å². The summed E-state index contributed by atoms with van der Waals surface area (Å²) in [6.45, 7) is 30.8. The van der Waals surface area contributed by atoms with Crippen LogP contribution in [-0.2, 0) is 28.6 Å². The van der Waals surface area contributed by atoms with Gasteiger partial charge in [0.1, 0.15) is 4.60 Å². The summed E-state index contributed by atoms with van der Waals surface area (Å²) < 4.78 is 13.3. The maximum atomic E-state index is 6.23. The van der Waals surface area contributed by atoms with Gasteiger partial charge in [-0.25, -0.2) is 9.97 Å². The van der Waals surface area contributed by atoms with Gasteiger partial charge in [-0.05, 0) is 181 Å². The number of aryl methyl sites for hydroxylation is 2. The molecule has 0 radical (unpaired) electrons. The zero-order valence-corrected chi connectivity index (χ0v) is 47.2. The van der Waals surface area contributed by atoms with Gasteiger partial charge in [0.25, 0.3) is 0 Å². The summed E-state index contributed by atoms with van der Waals surface area (Å²) >= 11 is 3.39. The first-order valence-corrected chi connectivity index (χ1v) is 27.3. The monoisotopic (exact) mass is 1030 g/mol. The van der Waals surface area contributed by atoms with Crippen molar-refractivity contribution in [1.29, 1.82) is 0 Å². The van der Waals surface area contributed by atoms with Gasteiger partial charge in [-0.2, -0.15) is 0 Å². The van der Waals surface area contributed by atoms with Crippen LogP contribution in [0.2, 0.25) is 0 Å². The number of hydrogen-bond donors (Lipinski definition) is 1. The lowest BCUT2D eigenvalue weighted by atomic mass is 9.70. The number of halogens is 1. The summed E-state index contributed by atoms with van der Waals surface area (Å²) in [5.74, 6) is 2.51. The van der Waals surface area contributed by atoms with E-state index >= 15 is 0 Å². The van der Waals surface area contributed by atoms with Crippen LogP contribution >= 0.6 is 15.9 Å². The Balaban J connectivity index is 0.000000164. The lowest BCUT2D eigenvalue weighted by molar-refractivity contribution is 0.00578. The molecule has 1 N–H and O–H groups in total. The molecule has 3 aliphatic rings. The Kier molecular flexibility index (Phi) is 18.0. The smallest absolute Gasteiger partial charge is 0.399 e. The molecule has 0 saturated carbocycles. The molecule has 1 unspecified atom stereocenters. The molecule has 0 bridgehead atoms. The molecule has 72 heavy (non-hydrogen) atoms. The molecule has 1 saturated heterocycles. The maximum Gasteiger partial charge on any atom is 0.495 e. The molecule has 2 atom stereocenters. The third kappa shape index (κ3) is 13.1. The molecule has 4 heterocycles. The van der Waals surface area contributed by atoms with E-state index < -0.39 is 0 Å². The summed E-state index contributed by atoms with van der Waals surface area (Å²) in [5, 5.41) is 3.67. The molecule has 4 aromatic carbocycles. The lowest BCUT2D eigenvalue weighted by Gasteiger charge is -2.32. The summed E-state index contributed by atoms with van der Waals surface area (Å²) in [5.41, 5.74) is 17.5. The van der Waals surface area contributed by atoms with Gasteiger partial charge in [0.2, 0.25) is 0 Å². The second kappa shape index (κ2) is 23.8. The van der Waals surface area contributed by atoms with Crippen molar-refractivity contribution in [2.24, 2.45) is 15.9 Å². The van der Waals surface area contributed by atoms with Crippen molar-refractivity contribution >= 4 is 58.0 Å². The van der Waals surface area contributed by atoms with Crippen LogP contribution in [0.1, 0.15) is 184 Å². The average Bonchev–Trinajstić information content (AvgIpc) is 3.57. The van der Waals surface area contributed by atoms with Crippen LogP contribution in [0.15, 0.2) is 124 Å². The lowest BCUT2D eigenvalue weighted by Crippen LogP contribution is -2.41. The molecule has 2 aromatic heterocycles. The van der Waals surface area contributed by atoms with Gasteiger partial charge >= 0.3 is 7.12 Å². The molecule has 2 aliphatic heterocycles. The maximum absolute atomic E-state index is 6.23. The summed E-state index contributed by atoms with van der Waals surface area (Å²) in [7, 11) is -0.222. The number of benzene rings is 4. The predicted molar refractivity (Wildman–Crippen MR) is 310 cm³/mol. The zero-order valence-electron chi connectivity index (χ0n) is 45.6. The van der Waals surface area contributed by atoms with Crippen LogP contribution in [0.3, 0.4) is 0 Å². The van der Waals surface area contributed by atoms with Crippen LogP contribution in [0.5, 0.6) is 0 Å². The van der Waals surface area contributed by atoms with Crippen molar-refractivity contribution in [1.82, 2.24) is 9.97 Å². The second-order valence-corrected chi connectivity index (χ2v) is 23.2. The largest absolute Gasteiger partial charge is 0.495 e. The third-order valence-electron chi connectivity index (χ3n) is 14.8. The molecule has 0 spiro atoms.